The van der Waals surface area contributed by atoms with Gasteiger partial charge < -0.3 is 10.3 Å². The molecule has 0 bridgehead atoms. The molecular weight excluding hydrogens is 312 g/mol. The fourth-order valence-electron chi connectivity index (χ4n) is 2.56. The van der Waals surface area contributed by atoms with Crippen LogP contribution in [0.25, 0.3) is 22.4 Å². The van der Waals surface area contributed by atoms with Gasteiger partial charge in [0, 0.05) is 17.2 Å². The molecule has 116 valence electrons. The number of nitrogens with zero attached hydrogens (tertiary/aromatic N) is 3. The minimum absolute atomic E-state index is 0.0661. The molecule has 0 atom stereocenters. The van der Waals surface area contributed by atoms with E-state index in [0.717, 1.165) is 11.0 Å². The van der Waals surface area contributed by atoms with E-state index >= 15 is 0 Å². The number of nitro benzene ring substituents is 1. The first-order valence-electron chi connectivity index (χ1n) is 6.96. The van der Waals surface area contributed by atoms with Gasteiger partial charge in [-0.05, 0) is 19.1 Å². The number of rotatable bonds is 4. The van der Waals surface area contributed by atoms with Crippen LogP contribution < -0.4 is 5.73 Å². The zero-order chi connectivity index (χ0) is 16.6. The van der Waals surface area contributed by atoms with Crippen LogP contribution >= 0.6 is 12.2 Å². The van der Waals surface area contributed by atoms with Gasteiger partial charge in [-0.1, -0.05) is 36.5 Å². The lowest BCUT2D eigenvalue weighted by Gasteiger charge is -2.08. The molecule has 3 rings (SSSR count). The molecule has 2 N–H and O–H groups in total. The lowest BCUT2D eigenvalue weighted by molar-refractivity contribution is -0.385. The minimum atomic E-state index is -0.389. The number of nitro groups is 1. The molecule has 0 saturated heterocycles. The van der Waals surface area contributed by atoms with Crippen LogP contribution in [0.15, 0.2) is 42.5 Å². The van der Waals surface area contributed by atoms with E-state index in [-0.39, 0.29) is 10.6 Å². The van der Waals surface area contributed by atoms with E-state index in [1.54, 1.807) is 13.0 Å². The SMILES string of the molecule is Cc1ccc(-c2nc3ccccc3n2CC(N)=S)cc1[N+](=O)[O-]. The third kappa shape index (κ3) is 2.78. The molecule has 23 heavy (non-hydrogen) atoms. The van der Waals surface area contributed by atoms with Gasteiger partial charge in [-0.3, -0.25) is 10.1 Å². The number of imidazole rings is 1. The Morgan fingerprint density at radius 3 is 2.78 bits per heavy atom. The van der Waals surface area contributed by atoms with Gasteiger partial charge in [-0.15, -0.1) is 0 Å². The van der Waals surface area contributed by atoms with Gasteiger partial charge >= 0.3 is 0 Å². The van der Waals surface area contributed by atoms with E-state index in [4.69, 9.17) is 18.0 Å². The smallest absolute Gasteiger partial charge is 0.273 e. The van der Waals surface area contributed by atoms with Gasteiger partial charge in [-0.2, -0.15) is 0 Å². The monoisotopic (exact) mass is 326 g/mol. The van der Waals surface area contributed by atoms with Crippen molar-refractivity contribution in [2.75, 3.05) is 0 Å². The van der Waals surface area contributed by atoms with E-state index in [9.17, 15) is 10.1 Å². The molecule has 0 saturated carbocycles. The second kappa shape index (κ2) is 5.77. The first kappa shape index (κ1) is 15.1. The molecule has 3 aromatic rings. The second-order valence-corrected chi connectivity index (χ2v) is 5.76. The fourth-order valence-corrected chi connectivity index (χ4v) is 2.69. The molecule has 0 amide bonds. The van der Waals surface area contributed by atoms with E-state index in [2.05, 4.69) is 4.98 Å². The summed E-state index contributed by atoms with van der Waals surface area (Å²) in [6.07, 6.45) is 0. The number of hydrogen-bond acceptors (Lipinski definition) is 4. The molecular formula is C16H14N4O2S. The molecule has 0 unspecified atom stereocenters. The maximum Gasteiger partial charge on any atom is 0.273 e. The number of para-hydroxylation sites is 2. The van der Waals surface area contributed by atoms with Crippen LogP contribution in [0, 0.1) is 17.0 Å². The summed E-state index contributed by atoms with van der Waals surface area (Å²) in [7, 11) is 0. The van der Waals surface area contributed by atoms with E-state index in [0.29, 0.717) is 28.5 Å². The van der Waals surface area contributed by atoms with Crippen LogP contribution in [0.1, 0.15) is 5.56 Å². The van der Waals surface area contributed by atoms with Gasteiger partial charge in [0.05, 0.1) is 27.5 Å². The first-order chi connectivity index (χ1) is 11.0. The van der Waals surface area contributed by atoms with Crippen LogP contribution in [-0.2, 0) is 6.54 Å². The van der Waals surface area contributed by atoms with Crippen LogP contribution in [0.5, 0.6) is 0 Å². The van der Waals surface area contributed by atoms with Gasteiger partial charge in [0.1, 0.15) is 5.82 Å². The minimum Gasteiger partial charge on any atom is -0.392 e. The Kier molecular flexibility index (Phi) is 3.79. The number of fused-ring (bicyclic) bond motifs is 1. The Labute approximate surface area is 137 Å². The largest absolute Gasteiger partial charge is 0.392 e. The molecule has 0 fully saturated rings. The summed E-state index contributed by atoms with van der Waals surface area (Å²) in [6.45, 7) is 2.03. The molecule has 0 aliphatic carbocycles. The van der Waals surface area contributed by atoms with Crippen molar-refractivity contribution < 1.29 is 4.92 Å². The van der Waals surface area contributed by atoms with Crippen molar-refractivity contribution in [2.24, 2.45) is 5.73 Å². The predicted molar refractivity (Wildman–Crippen MR) is 93.3 cm³/mol. The van der Waals surface area contributed by atoms with Crippen molar-refractivity contribution >= 4 is 33.9 Å². The highest BCUT2D eigenvalue weighted by Crippen LogP contribution is 2.29. The van der Waals surface area contributed by atoms with Crippen LogP contribution in [0.2, 0.25) is 0 Å². The topological polar surface area (TPSA) is 87.0 Å². The Bertz CT molecular complexity index is 933. The summed E-state index contributed by atoms with van der Waals surface area (Å²) in [5.41, 5.74) is 8.71. The Morgan fingerprint density at radius 2 is 2.09 bits per heavy atom. The molecule has 0 radical (unpaired) electrons. The third-order valence-electron chi connectivity index (χ3n) is 3.63. The molecule has 1 aromatic heterocycles. The predicted octanol–water partition coefficient (Wildman–Crippen LogP) is 3.21. The standard InChI is InChI=1S/C16H14N4O2S/c1-10-6-7-11(8-14(10)20(21)22)16-18-12-4-2-3-5-13(12)19(16)9-15(17)23/h2-8H,9H2,1H3,(H2,17,23). The summed E-state index contributed by atoms with van der Waals surface area (Å²) >= 11 is 5.03. The lowest BCUT2D eigenvalue weighted by atomic mass is 10.1. The number of aromatic nitrogens is 2. The molecule has 7 heteroatoms. The highest BCUT2D eigenvalue weighted by molar-refractivity contribution is 7.80. The third-order valence-corrected chi connectivity index (χ3v) is 3.76. The summed E-state index contributed by atoms with van der Waals surface area (Å²) in [4.78, 5) is 15.7. The maximum absolute atomic E-state index is 11.2. The van der Waals surface area contributed by atoms with Crippen molar-refractivity contribution in [3.63, 3.8) is 0 Å². The van der Waals surface area contributed by atoms with Crippen molar-refractivity contribution in [1.29, 1.82) is 0 Å². The van der Waals surface area contributed by atoms with Crippen LogP contribution in [0.3, 0.4) is 0 Å². The van der Waals surface area contributed by atoms with E-state index < -0.39 is 0 Å². The van der Waals surface area contributed by atoms with Gasteiger partial charge in [0.15, 0.2) is 0 Å². The van der Waals surface area contributed by atoms with E-state index in [1.807, 2.05) is 34.9 Å². The zero-order valence-electron chi connectivity index (χ0n) is 12.4. The van der Waals surface area contributed by atoms with E-state index in [1.165, 1.54) is 6.07 Å². The number of aryl methyl sites for hydroxylation is 1. The van der Waals surface area contributed by atoms with Gasteiger partial charge in [-0.25, -0.2) is 4.98 Å². The Morgan fingerprint density at radius 1 is 1.35 bits per heavy atom. The van der Waals surface area contributed by atoms with Crippen molar-refractivity contribution in [3.8, 4) is 11.4 Å². The first-order valence-corrected chi connectivity index (χ1v) is 7.37. The van der Waals surface area contributed by atoms with Crippen LogP contribution in [0.4, 0.5) is 5.69 Å². The second-order valence-electron chi connectivity index (χ2n) is 5.23. The summed E-state index contributed by atoms with van der Waals surface area (Å²) in [6, 6.07) is 12.7. The van der Waals surface area contributed by atoms with Crippen molar-refractivity contribution in [3.05, 3.63) is 58.1 Å². The fraction of sp³-hybridized carbons (Fsp3) is 0.125. The lowest BCUT2D eigenvalue weighted by Crippen LogP contribution is -2.17. The quantitative estimate of drug-likeness (QED) is 0.452. The zero-order valence-corrected chi connectivity index (χ0v) is 13.2. The summed E-state index contributed by atoms with van der Waals surface area (Å²) in [5, 5.41) is 11.2. The summed E-state index contributed by atoms with van der Waals surface area (Å²) < 4.78 is 1.88. The average Bonchev–Trinajstić information content (AvgIpc) is 2.86. The highest BCUT2D eigenvalue weighted by Gasteiger charge is 2.17. The number of nitrogens with two attached hydrogens (primary N) is 1. The highest BCUT2D eigenvalue weighted by atomic mass is 32.1. The molecule has 1 heterocycles. The normalized spacial score (nSPS) is 10.8. The molecule has 2 aromatic carbocycles. The van der Waals surface area contributed by atoms with Gasteiger partial charge in [0.25, 0.3) is 5.69 Å². The Balaban J connectivity index is 2.25. The maximum atomic E-state index is 11.2. The number of benzene rings is 2. The molecule has 0 aliphatic rings. The number of thiocarbonyl (C=S) groups is 1. The van der Waals surface area contributed by atoms with Crippen LogP contribution in [-0.4, -0.2) is 19.5 Å². The molecule has 0 spiro atoms. The van der Waals surface area contributed by atoms with Crippen molar-refractivity contribution in [2.45, 2.75) is 13.5 Å². The molecule has 0 aliphatic heterocycles. The average molecular weight is 326 g/mol. The molecule has 6 nitrogen and oxygen atoms in total. The Hall–Kier alpha value is -2.80. The number of hydrogen-bond donors (Lipinski definition) is 1. The summed E-state index contributed by atoms with van der Waals surface area (Å²) in [5.74, 6) is 0.613. The van der Waals surface area contributed by atoms with Crippen molar-refractivity contribution in [1.82, 2.24) is 9.55 Å². The van der Waals surface area contributed by atoms with Gasteiger partial charge in [0.2, 0.25) is 0 Å².